The highest BCUT2D eigenvalue weighted by atomic mass is 32.1. The molecule has 0 saturated carbocycles. The molecular formula is C8H19N3S2. The molecule has 0 aromatic carbocycles. The SMILES string of the molecule is CCN1CCCNCC1.NC(=S)S. The lowest BCUT2D eigenvalue weighted by molar-refractivity contribution is 0.309. The molecule has 3 N–H and O–H groups in total. The van der Waals surface area contributed by atoms with E-state index in [1.165, 1.54) is 39.1 Å². The molecule has 1 fully saturated rings. The van der Waals surface area contributed by atoms with Crippen molar-refractivity contribution in [1.29, 1.82) is 0 Å². The van der Waals surface area contributed by atoms with Crippen molar-refractivity contribution in [2.75, 3.05) is 32.7 Å². The number of thiol groups is 1. The fourth-order valence-corrected chi connectivity index (χ4v) is 1.22. The van der Waals surface area contributed by atoms with Crippen LogP contribution in [0.3, 0.4) is 0 Å². The standard InChI is InChI=1S/C7H16N2.CH3NS2/c1-2-9-6-3-4-8-5-7-9;2-1(3)4/h8H,2-7H2,1H3;(H3,2,3,4). The number of nitrogens with one attached hydrogen (secondary N) is 1. The van der Waals surface area contributed by atoms with Gasteiger partial charge in [0.25, 0.3) is 0 Å². The first-order valence-corrected chi connectivity index (χ1v) is 5.43. The van der Waals surface area contributed by atoms with Gasteiger partial charge in [0.2, 0.25) is 0 Å². The van der Waals surface area contributed by atoms with Crippen LogP contribution in [0.2, 0.25) is 0 Å². The van der Waals surface area contributed by atoms with E-state index in [0.29, 0.717) is 0 Å². The highest BCUT2D eigenvalue weighted by Crippen LogP contribution is 1.92. The fraction of sp³-hybridized carbons (Fsp3) is 0.875. The van der Waals surface area contributed by atoms with Crippen LogP contribution in [0.1, 0.15) is 13.3 Å². The summed E-state index contributed by atoms with van der Waals surface area (Å²) in [5.41, 5.74) is 4.71. The summed E-state index contributed by atoms with van der Waals surface area (Å²) in [6, 6.07) is 0. The van der Waals surface area contributed by atoms with Gasteiger partial charge in [-0.05, 0) is 26.1 Å². The molecular weight excluding hydrogens is 202 g/mol. The number of hydrogen-bond donors (Lipinski definition) is 3. The third-order valence-electron chi connectivity index (χ3n) is 1.88. The third kappa shape index (κ3) is 10.1. The van der Waals surface area contributed by atoms with Crippen molar-refractivity contribution in [3.05, 3.63) is 0 Å². The zero-order chi connectivity index (χ0) is 10.1. The molecule has 0 aromatic rings. The molecule has 1 rings (SSSR count). The van der Waals surface area contributed by atoms with Crippen molar-refractivity contribution < 1.29 is 0 Å². The summed E-state index contributed by atoms with van der Waals surface area (Å²) >= 11 is 7.65. The molecule has 0 aromatic heterocycles. The molecule has 0 unspecified atom stereocenters. The molecule has 0 bridgehead atoms. The summed E-state index contributed by atoms with van der Waals surface area (Å²) in [4.78, 5) is 2.49. The van der Waals surface area contributed by atoms with Gasteiger partial charge in [0.15, 0.2) is 0 Å². The van der Waals surface area contributed by atoms with E-state index in [1.807, 2.05) is 0 Å². The van der Waals surface area contributed by atoms with E-state index in [9.17, 15) is 0 Å². The minimum atomic E-state index is 0.194. The second-order valence-electron chi connectivity index (χ2n) is 2.88. The largest absolute Gasteiger partial charge is 0.385 e. The van der Waals surface area contributed by atoms with Crippen molar-refractivity contribution in [2.24, 2.45) is 5.73 Å². The average molecular weight is 221 g/mol. The van der Waals surface area contributed by atoms with Gasteiger partial charge in [-0.15, -0.1) is 12.6 Å². The van der Waals surface area contributed by atoms with Crippen LogP contribution in [0.25, 0.3) is 0 Å². The summed E-state index contributed by atoms with van der Waals surface area (Å²) in [5, 5.41) is 3.37. The smallest absolute Gasteiger partial charge is 0.128 e. The highest BCUT2D eigenvalue weighted by molar-refractivity contribution is 8.10. The summed E-state index contributed by atoms with van der Waals surface area (Å²) in [6.07, 6.45) is 1.31. The molecule has 1 aliphatic heterocycles. The second kappa shape index (κ2) is 8.74. The Kier molecular flexibility index (Phi) is 8.85. The molecule has 1 aliphatic rings. The Hall–Kier alpha value is 0.160. The van der Waals surface area contributed by atoms with E-state index >= 15 is 0 Å². The molecule has 0 aliphatic carbocycles. The molecule has 5 heteroatoms. The Morgan fingerprint density at radius 3 is 2.69 bits per heavy atom. The minimum Gasteiger partial charge on any atom is -0.385 e. The summed E-state index contributed by atoms with van der Waals surface area (Å²) < 4.78 is 0.194. The van der Waals surface area contributed by atoms with Crippen molar-refractivity contribution in [3.63, 3.8) is 0 Å². The van der Waals surface area contributed by atoms with Crippen LogP contribution in [0.4, 0.5) is 0 Å². The molecule has 1 heterocycles. The lowest BCUT2D eigenvalue weighted by atomic mass is 10.4. The first-order chi connectivity index (χ1) is 6.16. The molecule has 0 spiro atoms. The van der Waals surface area contributed by atoms with Crippen LogP contribution < -0.4 is 11.1 Å². The monoisotopic (exact) mass is 221 g/mol. The maximum Gasteiger partial charge on any atom is 0.128 e. The molecule has 0 amide bonds. The Morgan fingerprint density at radius 2 is 2.15 bits per heavy atom. The Balaban J connectivity index is 0.000000310. The maximum absolute atomic E-state index is 4.71. The van der Waals surface area contributed by atoms with Gasteiger partial charge in [-0.2, -0.15) is 0 Å². The quantitative estimate of drug-likeness (QED) is 0.444. The zero-order valence-electron chi connectivity index (χ0n) is 8.12. The van der Waals surface area contributed by atoms with E-state index in [0.717, 1.165) is 0 Å². The number of nitrogens with zero attached hydrogens (tertiary/aromatic N) is 1. The van der Waals surface area contributed by atoms with Gasteiger partial charge in [-0.1, -0.05) is 19.1 Å². The number of hydrogen-bond acceptors (Lipinski definition) is 3. The predicted octanol–water partition coefficient (Wildman–Crippen LogP) is 0.461. The predicted molar refractivity (Wildman–Crippen MR) is 65.4 cm³/mol. The maximum atomic E-state index is 4.71. The lowest BCUT2D eigenvalue weighted by Gasteiger charge is -2.15. The number of nitrogens with two attached hydrogens (primary N) is 1. The van der Waals surface area contributed by atoms with E-state index in [2.05, 4.69) is 42.0 Å². The summed E-state index contributed by atoms with van der Waals surface area (Å²) in [7, 11) is 0. The van der Waals surface area contributed by atoms with Crippen LogP contribution in [0.15, 0.2) is 0 Å². The normalized spacial score (nSPS) is 18.3. The van der Waals surface area contributed by atoms with Crippen LogP contribution in [-0.4, -0.2) is 41.9 Å². The van der Waals surface area contributed by atoms with Gasteiger partial charge in [0.05, 0.1) is 0 Å². The Labute approximate surface area is 91.5 Å². The van der Waals surface area contributed by atoms with Crippen LogP contribution in [-0.2, 0) is 0 Å². The first kappa shape index (κ1) is 13.2. The molecule has 78 valence electrons. The third-order valence-corrected chi connectivity index (χ3v) is 1.88. The highest BCUT2D eigenvalue weighted by Gasteiger charge is 2.03. The Bertz CT molecular complexity index is 129. The van der Waals surface area contributed by atoms with Crippen LogP contribution in [0.5, 0.6) is 0 Å². The minimum absolute atomic E-state index is 0.194. The van der Waals surface area contributed by atoms with Gasteiger partial charge in [0.1, 0.15) is 4.32 Å². The van der Waals surface area contributed by atoms with Crippen molar-refractivity contribution >= 4 is 29.2 Å². The topological polar surface area (TPSA) is 41.3 Å². The number of thiocarbonyl (C=S) groups is 1. The van der Waals surface area contributed by atoms with E-state index in [-0.39, 0.29) is 4.32 Å². The lowest BCUT2D eigenvalue weighted by Crippen LogP contribution is -2.27. The Morgan fingerprint density at radius 1 is 1.54 bits per heavy atom. The van der Waals surface area contributed by atoms with Crippen molar-refractivity contribution in [3.8, 4) is 0 Å². The summed E-state index contributed by atoms with van der Waals surface area (Å²) in [5.74, 6) is 0. The van der Waals surface area contributed by atoms with E-state index in [4.69, 9.17) is 5.73 Å². The van der Waals surface area contributed by atoms with E-state index < -0.39 is 0 Å². The first-order valence-electron chi connectivity index (χ1n) is 4.58. The number of rotatable bonds is 1. The summed E-state index contributed by atoms with van der Waals surface area (Å²) in [6.45, 7) is 8.33. The molecule has 13 heavy (non-hydrogen) atoms. The average Bonchev–Trinajstić information content (AvgIpc) is 2.30. The van der Waals surface area contributed by atoms with Gasteiger partial charge >= 0.3 is 0 Å². The van der Waals surface area contributed by atoms with Gasteiger partial charge in [0, 0.05) is 13.1 Å². The van der Waals surface area contributed by atoms with E-state index in [1.54, 1.807) is 0 Å². The van der Waals surface area contributed by atoms with Gasteiger partial charge < -0.3 is 16.0 Å². The second-order valence-corrected chi connectivity index (χ2v) is 4.10. The van der Waals surface area contributed by atoms with Gasteiger partial charge in [-0.3, -0.25) is 0 Å². The van der Waals surface area contributed by atoms with Crippen LogP contribution >= 0.6 is 24.8 Å². The fourth-order valence-electron chi connectivity index (χ4n) is 1.22. The molecule has 3 nitrogen and oxygen atoms in total. The number of likely N-dealkylation sites (N-methyl/N-ethyl adjacent to an activating group) is 1. The van der Waals surface area contributed by atoms with Crippen molar-refractivity contribution in [1.82, 2.24) is 10.2 Å². The van der Waals surface area contributed by atoms with Crippen molar-refractivity contribution in [2.45, 2.75) is 13.3 Å². The molecule has 0 radical (unpaired) electrons. The molecule has 1 saturated heterocycles. The van der Waals surface area contributed by atoms with Crippen LogP contribution in [0, 0.1) is 0 Å². The zero-order valence-corrected chi connectivity index (χ0v) is 9.83. The molecule has 0 atom stereocenters. The van der Waals surface area contributed by atoms with Gasteiger partial charge in [-0.25, -0.2) is 0 Å².